The molecule has 1 unspecified atom stereocenters. The van der Waals surface area contributed by atoms with Crippen molar-refractivity contribution in [2.24, 2.45) is 5.92 Å². The first kappa shape index (κ1) is 18.4. The smallest absolute Gasteiger partial charge is 0.314 e. The summed E-state index contributed by atoms with van der Waals surface area (Å²) in [5.41, 5.74) is 1.08. The highest BCUT2D eigenvalue weighted by Gasteiger charge is 2.10. The van der Waals surface area contributed by atoms with E-state index in [9.17, 15) is 14.7 Å². The molecule has 1 aromatic carbocycles. The highest BCUT2D eigenvalue weighted by atomic mass is 79.9. The van der Waals surface area contributed by atoms with Crippen molar-refractivity contribution in [2.75, 3.05) is 19.7 Å². The Morgan fingerprint density at radius 3 is 2.68 bits per heavy atom. The van der Waals surface area contributed by atoms with E-state index in [0.717, 1.165) is 10.0 Å². The topological polar surface area (TPSA) is 98.7 Å². The van der Waals surface area contributed by atoms with Gasteiger partial charge < -0.3 is 20.8 Å². The third kappa shape index (κ3) is 7.99. The molecule has 0 aromatic heterocycles. The zero-order valence-electron chi connectivity index (χ0n) is 12.2. The molecule has 0 radical (unpaired) electrons. The van der Waals surface area contributed by atoms with E-state index in [-0.39, 0.29) is 25.0 Å². The Kier molecular flexibility index (Phi) is 8.54. The fourth-order valence-corrected chi connectivity index (χ4v) is 2.39. The van der Waals surface area contributed by atoms with Gasteiger partial charge >= 0.3 is 12.0 Å². The molecule has 7 heteroatoms. The van der Waals surface area contributed by atoms with Crippen molar-refractivity contribution >= 4 is 27.9 Å². The number of hydrogen-bond acceptors (Lipinski definition) is 3. The molecule has 2 amide bonds. The van der Waals surface area contributed by atoms with Crippen LogP contribution in [0.25, 0.3) is 0 Å². The molecule has 0 aliphatic rings. The molecule has 22 heavy (non-hydrogen) atoms. The minimum Gasteiger partial charge on any atom is -0.481 e. The fraction of sp³-hybridized carbons (Fsp3) is 0.467. The van der Waals surface area contributed by atoms with Crippen LogP contribution in [0.5, 0.6) is 0 Å². The van der Waals surface area contributed by atoms with E-state index in [0.29, 0.717) is 25.9 Å². The number of amides is 2. The van der Waals surface area contributed by atoms with Gasteiger partial charge in [0.25, 0.3) is 0 Å². The van der Waals surface area contributed by atoms with Crippen molar-refractivity contribution in [1.82, 2.24) is 10.6 Å². The Morgan fingerprint density at radius 2 is 2.05 bits per heavy atom. The van der Waals surface area contributed by atoms with E-state index in [1.54, 1.807) is 0 Å². The molecule has 0 saturated heterocycles. The lowest BCUT2D eigenvalue weighted by Crippen LogP contribution is -2.39. The molecule has 1 aromatic rings. The third-order valence-corrected chi connectivity index (χ3v) is 3.57. The molecule has 0 heterocycles. The highest BCUT2D eigenvalue weighted by molar-refractivity contribution is 9.10. The summed E-state index contributed by atoms with van der Waals surface area (Å²) < 4.78 is 0.978. The summed E-state index contributed by atoms with van der Waals surface area (Å²) in [5, 5.41) is 23.2. The second kappa shape index (κ2) is 10.2. The van der Waals surface area contributed by atoms with Crippen LogP contribution >= 0.6 is 15.9 Å². The van der Waals surface area contributed by atoms with Crippen LogP contribution in [0.15, 0.2) is 28.7 Å². The van der Waals surface area contributed by atoms with Crippen LogP contribution in [-0.2, 0) is 11.2 Å². The van der Waals surface area contributed by atoms with Gasteiger partial charge in [-0.15, -0.1) is 0 Å². The van der Waals surface area contributed by atoms with Crippen molar-refractivity contribution in [1.29, 1.82) is 0 Å². The number of rotatable bonds is 9. The van der Waals surface area contributed by atoms with Gasteiger partial charge in [0.2, 0.25) is 0 Å². The summed E-state index contributed by atoms with van der Waals surface area (Å²) in [6.07, 6.45) is 1.09. The van der Waals surface area contributed by atoms with Crippen LogP contribution < -0.4 is 10.6 Å². The predicted molar refractivity (Wildman–Crippen MR) is 86.7 cm³/mol. The summed E-state index contributed by atoms with van der Waals surface area (Å²) in [5.74, 6) is -0.948. The number of aliphatic hydroxyl groups excluding tert-OH is 1. The Morgan fingerprint density at radius 1 is 1.27 bits per heavy atom. The molecule has 0 fully saturated rings. The van der Waals surface area contributed by atoms with Crippen molar-refractivity contribution in [3.8, 4) is 0 Å². The number of urea groups is 1. The lowest BCUT2D eigenvalue weighted by molar-refractivity contribution is -0.137. The normalized spacial score (nSPS) is 11.7. The van der Waals surface area contributed by atoms with Crippen molar-refractivity contribution < 1.29 is 19.8 Å². The number of carbonyl (C=O) groups is 2. The first-order chi connectivity index (χ1) is 10.5. The van der Waals surface area contributed by atoms with Gasteiger partial charge in [-0.25, -0.2) is 4.79 Å². The maximum atomic E-state index is 11.6. The lowest BCUT2D eigenvalue weighted by atomic mass is 10.0. The highest BCUT2D eigenvalue weighted by Crippen LogP contribution is 2.14. The number of hydrogen-bond donors (Lipinski definition) is 4. The van der Waals surface area contributed by atoms with Crippen LogP contribution in [-0.4, -0.2) is 41.9 Å². The second-order valence-electron chi connectivity index (χ2n) is 5.02. The molecule has 1 atom stereocenters. The summed E-state index contributed by atoms with van der Waals surface area (Å²) >= 11 is 3.40. The SMILES string of the molecule is O=C(O)CCCNC(=O)NCC(CO)Cc1cccc(Br)c1. The molecular formula is C15H21BrN2O4. The van der Waals surface area contributed by atoms with Gasteiger partial charge in [-0.05, 0) is 30.5 Å². The van der Waals surface area contributed by atoms with Crippen LogP contribution in [0.3, 0.4) is 0 Å². The summed E-state index contributed by atoms with van der Waals surface area (Å²) in [6.45, 7) is 0.646. The number of carboxylic acids is 1. The monoisotopic (exact) mass is 372 g/mol. The quantitative estimate of drug-likeness (QED) is 0.496. The first-order valence-corrected chi connectivity index (χ1v) is 7.89. The molecule has 0 aliphatic heterocycles. The Hall–Kier alpha value is -1.60. The predicted octanol–water partition coefficient (Wildman–Crippen LogP) is 1.76. The van der Waals surface area contributed by atoms with E-state index in [4.69, 9.17) is 5.11 Å². The number of nitrogens with one attached hydrogen (secondary N) is 2. The number of benzene rings is 1. The van der Waals surface area contributed by atoms with Crippen molar-refractivity contribution in [3.63, 3.8) is 0 Å². The summed E-state index contributed by atoms with van der Waals surface area (Å²) in [7, 11) is 0. The summed E-state index contributed by atoms with van der Waals surface area (Å²) in [6, 6.07) is 7.46. The van der Waals surface area contributed by atoms with Gasteiger partial charge in [0, 0.05) is 36.5 Å². The molecule has 0 saturated carbocycles. The minimum atomic E-state index is -0.878. The van der Waals surface area contributed by atoms with Crippen LogP contribution in [0.4, 0.5) is 4.79 Å². The molecule has 122 valence electrons. The van der Waals surface area contributed by atoms with Crippen LogP contribution in [0, 0.1) is 5.92 Å². The van der Waals surface area contributed by atoms with Gasteiger partial charge in [-0.3, -0.25) is 4.79 Å². The van der Waals surface area contributed by atoms with Crippen molar-refractivity contribution in [3.05, 3.63) is 34.3 Å². The fourth-order valence-electron chi connectivity index (χ4n) is 1.94. The summed E-state index contributed by atoms with van der Waals surface area (Å²) in [4.78, 5) is 21.9. The van der Waals surface area contributed by atoms with Gasteiger partial charge in [0.05, 0.1) is 0 Å². The zero-order valence-corrected chi connectivity index (χ0v) is 13.8. The van der Waals surface area contributed by atoms with E-state index in [1.165, 1.54) is 0 Å². The molecular weight excluding hydrogens is 352 g/mol. The average molecular weight is 373 g/mol. The molecule has 6 nitrogen and oxygen atoms in total. The molecule has 0 aliphatic carbocycles. The van der Waals surface area contributed by atoms with E-state index in [2.05, 4.69) is 26.6 Å². The first-order valence-electron chi connectivity index (χ1n) is 7.10. The van der Waals surface area contributed by atoms with Gasteiger partial charge in [-0.1, -0.05) is 28.1 Å². The van der Waals surface area contributed by atoms with Gasteiger partial charge in [0.15, 0.2) is 0 Å². The lowest BCUT2D eigenvalue weighted by Gasteiger charge is -2.15. The number of carboxylic acid groups (broad SMARTS) is 1. The van der Waals surface area contributed by atoms with Crippen molar-refractivity contribution in [2.45, 2.75) is 19.3 Å². The average Bonchev–Trinajstić information content (AvgIpc) is 2.47. The van der Waals surface area contributed by atoms with Gasteiger partial charge in [0.1, 0.15) is 0 Å². The second-order valence-corrected chi connectivity index (χ2v) is 5.93. The van der Waals surface area contributed by atoms with E-state index >= 15 is 0 Å². The Balaban J connectivity index is 2.28. The zero-order chi connectivity index (χ0) is 16.4. The minimum absolute atomic E-state index is 0.0220. The van der Waals surface area contributed by atoms with E-state index < -0.39 is 5.97 Å². The third-order valence-electron chi connectivity index (χ3n) is 3.08. The maximum absolute atomic E-state index is 11.6. The number of carbonyl (C=O) groups excluding carboxylic acids is 1. The Bertz CT molecular complexity index is 496. The van der Waals surface area contributed by atoms with E-state index in [1.807, 2.05) is 24.3 Å². The number of aliphatic hydroxyl groups is 1. The molecule has 0 spiro atoms. The number of halogens is 1. The number of aliphatic carboxylic acids is 1. The molecule has 4 N–H and O–H groups in total. The maximum Gasteiger partial charge on any atom is 0.314 e. The largest absolute Gasteiger partial charge is 0.481 e. The van der Waals surface area contributed by atoms with Crippen LogP contribution in [0.2, 0.25) is 0 Å². The molecule has 0 bridgehead atoms. The Labute approximate surface area is 138 Å². The van der Waals surface area contributed by atoms with Crippen LogP contribution in [0.1, 0.15) is 18.4 Å². The standard InChI is InChI=1S/C15H21BrN2O4/c16-13-4-1-3-11(8-13)7-12(10-19)9-18-15(22)17-6-2-5-14(20)21/h1,3-4,8,12,19H,2,5-7,9-10H2,(H,20,21)(H2,17,18,22). The van der Waals surface area contributed by atoms with Gasteiger partial charge in [-0.2, -0.15) is 0 Å². The molecule has 1 rings (SSSR count).